The SMILES string of the molecule is CC1CCN(C(=O)[C@H](C)N2CCN([C@H](C)C(F)(F)F)CC2)CC1. The average molecular weight is 335 g/mol. The van der Waals surface area contributed by atoms with Gasteiger partial charge in [0.2, 0.25) is 5.91 Å². The van der Waals surface area contributed by atoms with Crippen LogP contribution in [-0.4, -0.2) is 78.1 Å². The molecule has 2 heterocycles. The Hall–Kier alpha value is -0.820. The second-order valence-electron chi connectivity index (χ2n) is 6.97. The fourth-order valence-corrected chi connectivity index (χ4v) is 3.37. The molecule has 2 rings (SSSR count). The summed E-state index contributed by atoms with van der Waals surface area (Å²) in [6, 6.07) is -1.66. The number of halogens is 3. The van der Waals surface area contributed by atoms with E-state index in [2.05, 4.69) is 6.92 Å². The molecule has 0 bridgehead atoms. The zero-order chi connectivity index (χ0) is 17.2. The third-order valence-corrected chi connectivity index (χ3v) is 5.37. The summed E-state index contributed by atoms with van der Waals surface area (Å²) in [5.41, 5.74) is 0. The molecule has 0 aromatic carbocycles. The molecule has 1 amide bonds. The van der Waals surface area contributed by atoms with E-state index in [1.165, 1.54) is 11.8 Å². The third-order valence-electron chi connectivity index (χ3n) is 5.37. The van der Waals surface area contributed by atoms with E-state index in [0.717, 1.165) is 25.9 Å². The number of piperidine rings is 1. The number of alkyl halides is 3. The lowest BCUT2D eigenvalue weighted by Crippen LogP contribution is -2.58. The minimum Gasteiger partial charge on any atom is -0.341 e. The molecule has 0 aliphatic carbocycles. The molecule has 2 aliphatic rings. The number of rotatable bonds is 3. The van der Waals surface area contributed by atoms with Gasteiger partial charge in [0.05, 0.1) is 6.04 Å². The van der Waals surface area contributed by atoms with Gasteiger partial charge in [-0.25, -0.2) is 0 Å². The highest BCUT2D eigenvalue weighted by atomic mass is 19.4. The normalized spacial score (nSPS) is 25.4. The van der Waals surface area contributed by atoms with Gasteiger partial charge in [-0.1, -0.05) is 6.92 Å². The third kappa shape index (κ3) is 4.59. The Labute approximate surface area is 136 Å². The summed E-state index contributed by atoms with van der Waals surface area (Å²) < 4.78 is 38.3. The maximum absolute atomic E-state index is 12.8. The summed E-state index contributed by atoms with van der Waals surface area (Å²) in [5, 5.41) is 0. The van der Waals surface area contributed by atoms with Crippen LogP contribution in [0.5, 0.6) is 0 Å². The van der Waals surface area contributed by atoms with Crippen molar-refractivity contribution in [2.75, 3.05) is 39.3 Å². The fourth-order valence-electron chi connectivity index (χ4n) is 3.37. The number of nitrogens with zero attached hydrogens (tertiary/aromatic N) is 3. The predicted octanol–water partition coefficient (Wildman–Crippen LogP) is 2.20. The molecule has 0 N–H and O–H groups in total. The van der Waals surface area contributed by atoms with E-state index in [1.54, 1.807) is 0 Å². The van der Waals surface area contributed by atoms with Crippen LogP contribution in [0.3, 0.4) is 0 Å². The van der Waals surface area contributed by atoms with E-state index in [1.807, 2.05) is 16.7 Å². The van der Waals surface area contributed by atoms with Crippen LogP contribution in [0.4, 0.5) is 13.2 Å². The van der Waals surface area contributed by atoms with Crippen molar-refractivity contribution in [3.8, 4) is 0 Å². The van der Waals surface area contributed by atoms with E-state index in [4.69, 9.17) is 0 Å². The summed E-state index contributed by atoms with van der Waals surface area (Å²) in [4.78, 5) is 17.9. The molecule has 0 unspecified atom stereocenters. The highest BCUT2D eigenvalue weighted by Gasteiger charge is 2.41. The molecule has 2 fully saturated rings. The molecule has 4 nitrogen and oxygen atoms in total. The number of amides is 1. The second-order valence-corrected chi connectivity index (χ2v) is 6.97. The van der Waals surface area contributed by atoms with E-state index < -0.39 is 12.2 Å². The number of carbonyl (C=O) groups excluding carboxylic acids is 1. The first-order valence-electron chi connectivity index (χ1n) is 8.53. The number of hydrogen-bond acceptors (Lipinski definition) is 3. The second kappa shape index (κ2) is 7.38. The van der Waals surface area contributed by atoms with E-state index >= 15 is 0 Å². The number of hydrogen-bond donors (Lipinski definition) is 0. The predicted molar refractivity (Wildman–Crippen MR) is 83.1 cm³/mol. The van der Waals surface area contributed by atoms with Crippen molar-refractivity contribution in [1.29, 1.82) is 0 Å². The summed E-state index contributed by atoms with van der Waals surface area (Å²) in [7, 11) is 0. The Balaban J connectivity index is 1.83. The summed E-state index contributed by atoms with van der Waals surface area (Å²) in [5.74, 6) is 0.788. The molecule has 2 aliphatic heterocycles. The minimum absolute atomic E-state index is 0.120. The fraction of sp³-hybridized carbons (Fsp3) is 0.938. The Kier molecular flexibility index (Phi) is 5.94. The zero-order valence-electron chi connectivity index (χ0n) is 14.3. The van der Waals surface area contributed by atoms with Gasteiger partial charge in [-0.05, 0) is 32.6 Å². The van der Waals surface area contributed by atoms with Crippen LogP contribution in [0, 0.1) is 5.92 Å². The quantitative estimate of drug-likeness (QED) is 0.791. The van der Waals surface area contributed by atoms with Gasteiger partial charge >= 0.3 is 6.18 Å². The lowest BCUT2D eigenvalue weighted by molar-refractivity contribution is -0.183. The van der Waals surface area contributed by atoms with Crippen molar-refractivity contribution >= 4 is 5.91 Å². The number of likely N-dealkylation sites (tertiary alicyclic amines) is 1. The topological polar surface area (TPSA) is 26.8 Å². The first-order valence-corrected chi connectivity index (χ1v) is 8.53. The molecular formula is C16H28F3N3O. The summed E-state index contributed by atoms with van der Waals surface area (Å²) >= 11 is 0. The van der Waals surface area contributed by atoms with Gasteiger partial charge in [0.25, 0.3) is 0 Å². The lowest BCUT2D eigenvalue weighted by atomic mass is 9.98. The van der Waals surface area contributed by atoms with Crippen molar-refractivity contribution in [3.63, 3.8) is 0 Å². The molecule has 0 saturated carbocycles. The Morgan fingerprint density at radius 3 is 1.91 bits per heavy atom. The van der Waals surface area contributed by atoms with Crippen LogP contribution in [0.1, 0.15) is 33.6 Å². The van der Waals surface area contributed by atoms with E-state index in [9.17, 15) is 18.0 Å². The van der Waals surface area contributed by atoms with Crippen LogP contribution in [-0.2, 0) is 4.79 Å². The van der Waals surface area contributed by atoms with Crippen molar-refractivity contribution in [2.45, 2.75) is 51.9 Å². The van der Waals surface area contributed by atoms with Crippen LogP contribution in [0.25, 0.3) is 0 Å². The first-order chi connectivity index (χ1) is 10.7. The molecular weight excluding hydrogens is 307 g/mol. The van der Waals surface area contributed by atoms with E-state index in [0.29, 0.717) is 32.1 Å². The number of carbonyl (C=O) groups is 1. The van der Waals surface area contributed by atoms with E-state index in [-0.39, 0.29) is 11.9 Å². The highest BCUT2D eigenvalue weighted by Crippen LogP contribution is 2.25. The lowest BCUT2D eigenvalue weighted by Gasteiger charge is -2.42. The van der Waals surface area contributed by atoms with Gasteiger partial charge in [0.1, 0.15) is 6.04 Å². The molecule has 7 heteroatoms. The van der Waals surface area contributed by atoms with Gasteiger partial charge in [0, 0.05) is 39.3 Å². The van der Waals surface area contributed by atoms with Crippen molar-refractivity contribution in [1.82, 2.24) is 14.7 Å². The zero-order valence-corrected chi connectivity index (χ0v) is 14.3. The monoisotopic (exact) mass is 335 g/mol. The van der Waals surface area contributed by atoms with Crippen LogP contribution in [0.15, 0.2) is 0 Å². The smallest absolute Gasteiger partial charge is 0.341 e. The molecule has 0 spiro atoms. The molecule has 0 aromatic rings. The molecule has 2 atom stereocenters. The Morgan fingerprint density at radius 2 is 1.43 bits per heavy atom. The van der Waals surface area contributed by atoms with Crippen molar-refractivity contribution in [3.05, 3.63) is 0 Å². The minimum atomic E-state index is -4.19. The maximum Gasteiger partial charge on any atom is 0.403 e. The van der Waals surface area contributed by atoms with Crippen LogP contribution >= 0.6 is 0 Å². The summed E-state index contributed by atoms with van der Waals surface area (Å²) in [6.45, 7) is 8.62. The standard InChI is InChI=1S/C16H28F3N3O/c1-12-4-6-22(7-5-12)15(23)13(2)20-8-10-21(11-9-20)14(3)16(17,18)19/h12-14H,4-11H2,1-3H3/t13-,14+/m0/s1. The number of piperazine rings is 1. The molecule has 0 radical (unpaired) electrons. The van der Waals surface area contributed by atoms with Crippen molar-refractivity contribution in [2.24, 2.45) is 5.92 Å². The van der Waals surface area contributed by atoms with Crippen LogP contribution in [0.2, 0.25) is 0 Å². The van der Waals surface area contributed by atoms with Gasteiger partial charge in [-0.2, -0.15) is 13.2 Å². The van der Waals surface area contributed by atoms with Crippen LogP contribution < -0.4 is 0 Å². The van der Waals surface area contributed by atoms with Gasteiger partial charge in [0.15, 0.2) is 0 Å². The van der Waals surface area contributed by atoms with Gasteiger partial charge in [-0.3, -0.25) is 14.6 Å². The Bertz CT molecular complexity index is 400. The average Bonchev–Trinajstić information content (AvgIpc) is 2.53. The molecule has 23 heavy (non-hydrogen) atoms. The molecule has 0 aromatic heterocycles. The largest absolute Gasteiger partial charge is 0.403 e. The highest BCUT2D eigenvalue weighted by molar-refractivity contribution is 5.81. The van der Waals surface area contributed by atoms with Gasteiger partial charge in [-0.15, -0.1) is 0 Å². The summed E-state index contributed by atoms with van der Waals surface area (Å²) in [6.07, 6.45) is -2.11. The van der Waals surface area contributed by atoms with Gasteiger partial charge < -0.3 is 4.90 Å². The van der Waals surface area contributed by atoms with Crippen molar-refractivity contribution < 1.29 is 18.0 Å². The first kappa shape index (κ1) is 18.5. The Morgan fingerprint density at radius 1 is 0.957 bits per heavy atom. The maximum atomic E-state index is 12.8. The molecule has 134 valence electrons. The molecule has 2 saturated heterocycles.